The summed E-state index contributed by atoms with van der Waals surface area (Å²) in [6, 6.07) is 2.86. The van der Waals surface area contributed by atoms with Crippen LogP contribution in [-0.2, 0) is 35.0 Å². The number of carboxylic acids is 1. The zero-order valence-electron chi connectivity index (χ0n) is 32.7. The molecule has 0 bridgehead atoms. The third kappa shape index (κ3) is 11.0. The maximum Gasteiger partial charge on any atom is 0.311 e. The third-order valence-corrected chi connectivity index (χ3v) is 11.8. The zero-order chi connectivity index (χ0) is 39.5. The van der Waals surface area contributed by atoms with Crippen LogP contribution >= 0.6 is 11.3 Å². The van der Waals surface area contributed by atoms with Crippen LogP contribution in [0.2, 0.25) is 0 Å². The molecule has 0 radical (unpaired) electrons. The van der Waals surface area contributed by atoms with Gasteiger partial charge in [0.2, 0.25) is 11.8 Å². The number of nitrogens with zero attached hydrogens (tertiary/aromatic N) is 3. The van der Waals surface area contributed by atoms with E-state index in [0.29, 0.717) is 43.0 Å². The number of piperidine rings is 1. The van der Waals surface area contributed by atoms with Crippen LogP contribution in [0.3, 0.4) is 0 Å². The normalized spacial score (nSPS) is 21.1. The van der Waals surface area contributed by atoms with E-state index in [1.165, 1.54) is 30.6 Å². The van der Waals surface area contributed by atoms with E-state index < -0.39 is 36.0 Å². The Balaban J connectivity index is 1.55. The second kappa shape index (κ2) is 20.3. The molecule has 14 nitrogen and oxygen atoms in total. The van der Waals surface area contributed by atoms with Gasteiger partial charge in [0.1, 0.15) is 35.4 Å². The molecule has 1 aliphatic carbocycles. The monoisotopic (exact) mass is 773 g/mol. The Hall–Kier alpha value is -3.63. The first kappa shape index (κ1) is 43.1. The SMILES string of the molecule is CCC(C)C(NC(=O)C1CCCCN1C)C(=O)N(CCOC)[C@H](C[C@@H](OCOC)c1nc(C(=O)N[C@H]2Cc3ccc(O)cc3[C@H](C(=O)O)C2)cs1)C(C)C. The number of likely N-dealkylation sites (N-methyl/N-ethyl adjacent to an activating group) is 1. The minimum Gasteiger partial charge on any atom is -0.508 e. The van der Waals surface area contributed by atoms with E-state index in [-0.39, 0.29) is 60.4 Å². The van der Waals surface area contributed by atoms with E-state index in [4.69, 9.17) is 14.2 Å². The lowest BCUT2D eigenvalue weighted by Crippen LogP contribution is -2.59. The molecule has 0 spiro atoms. The van der Waals surface area contributed by atoms with E-state index in [0.717, 1.165) is 31.4 Å². The van der Waals surface area contributed by atoms with Gasteiger partial charge in [-0.15, -0.1) is 11.3 Å². The van der Waals surface area contributed by atoms with E-state index in [2.05, 4.69) is 20.5 Å². The quantitative estimate of drug-likeness (QED) is 0.149. The average molecular weight is 774 g/mol. The second-order valence-corrected chi connectivity index (χ2v) is 15.8. The molecule has 300 valence electrons. The van der Waals surface area contributed by atoms with Gasteiger partial charge in [-0.1, -0.05) is 46.6 Å². The summed E-state index contributed by atoms with van der Waals surface area (Å²) in [6.45, 7) is 9.45. The molecular formula is C39H59N5O9S. The number of aromatic hydroxyl groups is 1. The molecule has 0 saturated carbocycles. The number of carboxylic acid groups (broad SMARTS) is 1. The fourth-order valence-corrected chi connectivity index (χ4v) is 8.37. The predicted octanol–water partition coefficient (Wildman–Crippen LogP) is 4.33. The molecule has 7 atom stereocenters. The molecule has 2 aliphatic rings. The van der Waals surface area contributed by atoms with Gasteiger partial charge in [0.25, 0.3) is 5.91 Å². The van der Waals surface area contributed by atoms with Crippen molar-refractivity contribution >= 4 is 35.0 Å². The summed E-state index contributed by atoms with van der Waals surface area (Å²) in [7, 11) is 5.06. The zero-order valence-corrected chi connectivity index (χ0v) is 33.5. The molecule has 1 aliphatic heterocycles. The van der Waals surface area contributed by atoms with Gasteiger partial charge in [-0.25, -0.2) is 4.98 Å². The Morgan fingerprint density at radius 3 is 2.54 bits per heavy atom. The lowest BCUT2D eigenvalue weighted by Gasteiger charge is -2.40. The van der Waals surface area contributed by atoms with Crippen molar-refractivity contribution in [2.75, 3.05) is 47.8 Å². The number of likely N-dealkylation sites (tertiary alicyclic amines) is 1. The summed E-state index contributed by atoms with van der Waals surface area (Å²) in [4.78, 5) is 62.4. The van der Waals surface area contributed by atoms with Crippen molar-refractivity contribution < 1.29 is 43.6 Å². The first-order chi connectivity index (χ1) is 25.8. The van der Waals surface area contributed by atoms with Gasteiger partial charge in [-0.2, -0.15) is 0 Å². The Bertz CT molecular complexity index is 1570. The van der Waals surface area contributed by atoms with Crippen molar-refractivity contribution in [3.8, 4) is 5.75 Å². The number of benzene rings is 1. The highest BCUT2D eigenvalue weighted by Gasteiger charge is 2.39. The molecule has 4 N–H and O–H groups in total. The van der Waals surface area contributed by atoms with Gasteiger partial charge in [-0.3, -0.25) is 24.1 Å². The minimum absolute atomic E-state index is 0.00146. The van der Waals surface area contributed by atoms with Crippen LogP contribution in [0.25, 0.3) is 0 Å². The van der Waals surface area contributed by atoms with Crippen LogP contribution in [0.15, 0.2) is 23.6 Å². The van der Waals surface area contributed by atoms with Gasteiger partial charge in [0, 0.05) is 44.6 Å². The number of carbonyl (C=O) groups is 4. The number of carbonyl (C=O) groups excluding carboxylic acids is 3. The molecule has 4 rings (SSSR count). The maximum absolute atomic E-state index is 14.6. The topological polar surface area (TPSA) is 180 Å². The summed E-state index contributed by atoms with van der Waals surface area (Å²) >= 11 is 1.26. The van der Waals surface area contributed by atoms with Crippen molar-refractivity contribution in [1.29, 1.82) is 0 Å². The number of aliphatic carboxylic acids is 1. The molecule has 1 saturated heterocycles. The molecule has 2 aromatic rings. The number of hydrogen-bond donors (Lipinski definition) is 4. The lowest BCUT2D eigenvalue weighted by molar-refractivity contribution is -0.144. The minimum atomic E-state index is -1.03. The van der Waals surface area contributed by atoms with E-state index in [1.54, 1.807) is 23.5 Å². The number of ether oxygens (including phenoxy) is 3. The number of rotatable bonds is 19. The highest BCUT2D eigenvalue weighted by Crippen LogP contribution is 2.35. The largest absolute Gasteiger partial charge is 0.508 e. The van der Waals surface area contributed by atoms with Crippen LogP contribution in [0.1, 0.15) is 105 Å². The van der Waals surface area contributed by atoms with Crippen molar-refractivity contribution in [3.63, 3.8) is 0 Å². The van der Waals surface area contributed by atoms with Crippen molar-refractivity contribution in [1.82, 2.24) is 25.4 Å². The number of hydrogen-bond acceptors (Lipinski definition) is 11. The van der Waals surface area contributed by atoms with Crippen LogP contribution in [0.5, 0.6) is 5.75 Å². The fourth-order valence-electron chi connectivity index (χ4n) is 7.51. The van der Waals surface area contributed by atoms with Crippen LogP contribution < -0.4 is 10.6 Å². The van der Waals surface area contributed by atoms with Gasteiger partial charge in [0.15, 0.2) is 0 Å². The summed E-state index contributed by atoms with van der Waals surface area (Å²) in [5.41, 5.74) is 1.48. The summed E-state index contributed by atoms with van der Waals surface area (Å²) < 4.78 is 16.9. The van der Waals surface area contributed by atoms with Crippen molar-refractivity contribution in [2.45, 2.75) is 109 Å². The second-order valence-electron chi connectivity index (χ2n) is 15.0. The fraction of sp³-hybridized carbons (Fsp3) is 0.667. The Morgan fingerprint density at radius 1 is 1.13 bits per heavy atom. The Morgan fingerprint density at radius 2 is 1.89 bits per heavy atom. The standard InChI is InChI=1S/C39H59N5O9S/c1-8-24(4)34(42-36(47)31-11-9-10-14-43(31)5)38(48)44(15-16-51-6)32(23(2)3)20-33(53-22-52-7)37-41-30(21-54-37)35(46)40-26-17-25-12-13-27(45)19-28(25)29(18-26)39(49)50/h12-13,19,21,23-24,26,29,31-34,45H,8-11,14-18,20,22H2,1-7H3,(H,40,46)(H,42,47)(H,49,50)/t24?,26-,29+,31?,32+,33+,34?/m0/s1. The molecule has 1 aromatic heterocycles. The van der Waals surface area contributed by atoms with Crippen LogP contribution in [0, 0.1) is 11.8 Å². The number of phenolic OH excluding ortho intramolecular Hbond substituents is 1. The summed E-state index contributed by atoms with van der Waals surface area (Å²) in [6.07, 6.45) is 3.74. The van der Waals surface area contributed by atoms with Crippen molar-refractivity contribution in [2.24, 2.45) is 11.8 Å². The molecule has 1 aromatic carbocycles. The Kier molecular flexibility index (Phi) is 16.2. The third-order valence-electron chi connectivity index (χ3n) is 10.8. The molecular weight excluding hydrogens is 715 g/mol. The highest BCUT2D eigenvalue weighted by atomic mass is 32.1. The smallest absolute Gasteiger partial charge is 0.311 e. The first-order valence-electron chi connectivity index (χ1n) is 19.0. The predicted molar refractivity (Wildman–Crippen MR) is 204 cm³/mol. The average Bonchev–Trinajstić information content (AvgIpc) is 3.64. The number of amides is 3. The molecule has 3 amide bonds. The van der Waals surface area contributed by atoms with Gasteiger partial charge >= 0.3 is 5.97 Å². The highest BCUT2D eigenvalue weighted by molar-refractivity contribution is 7.09. The molecule has 1 fully saturated rings. The van der Waals surface area contributed by atoms with Gasteiger partial charge in [-0.05, 0) is 74.4 Å². The van der Waals surface area contributed by atoms with E-state index in [9.17, 15) is 29.4 Å². The van der Waals surface area contributed by atoms with Crippen molar-refractivity contribution in [3.05, 3.63) is 45.4 Å². The number of phenols is 1. The maximum atomic E-state index is 14.6. The summed E-state index contributed by atoms with van der Waals surface area (Å²) in [5, 5.41) is 28.1. The lowest BCUT2D eigenvalue weighted by atomic mass is 9.80. The van der Waals surface area contributed by atoms with E-state index >= 15 is 0 Å². The first-order valence-corrected chi connectivity index (χ1v) is 19.9. The number of thiazole rings is 1. The number of methoxy groups -OCH3 is 2. The molecule has 2 heterocycles. The molecule has 3 unspecified atom stereocenters. The van der Waals surface area contributed by atoms with Crippen LogP contribution in [-0.4, -0.2) is 121 Å². The van der Waals surface area contributed by atoms with E-state index in [1.807, 2.05) is 34.7 Å². The van der Waals surface area contributed by atoms with Gasteiger partial charge in [0.05, 0.1) is 18.6 Å². The number of aromatic nitrogens is 1. The number of fused-ring (bicyclic) bond motifs is 1. The molecule has 54 heavy (non-hydrogen) atoms. The van der Waals surface area contributed by atoms with Crippen LogP contribution in [0.4, 0.5) is 0 Å². The summed E-state index contributed by atoms with van der Waals surface area (Å²) in [5.74, 6) is -2.80. The molecule has 15 heteroatoms. The number of nitrogens with one attached hydrogen (secondary N) is 2. The van der Waals surface area contributed by atoms with Gasteiger partial charge < -0.3 is 40.0 Å². The Labute approximate surface area is 322 Å².